The van der Waals surface area contributed by atoms with E-state index in [2.05, 4.69) is 103 Å². The average Bonchev–Trinajstić information content (AvgIpc) is 3.01. The number of rotatable bonds is 6. The van der Waals surface area contributed by atoms with Crippen molar-refractivity contribution in [2.24, 2.45) is 0 Å². The fourth-order valence-electron chi connectivity index (χ4n) is 5.53. The molecule has 0 fully saturated rings. The molecule has 240 valence electrons. The van der Waals surface area contributed by atoms with Crippen molar-refractivity contribution < 1.29 is 18.1 Å². The molecule has 5 rings (SSSR count). The van der Waals surface area contributed by atoms with E-state index in [1.54, 1.807) is 0 Å². The molecule has 0 atom stereocenters. The zero-order valence-electron chi connectivity index (χ0n) is 27.2. The van der Waals surface area contributed by atoms with E-state index in [1.165, 1.54) is 33.6 Å². The average molecular weight is 673 g/mol. The van der Waals surface area contributed by atoms with E-state index in [-0.39, 0.29) is 10.6 Å². The molecular weight excluding hydrogens is 631 g/mol. The molecule has 5 aromatic carbocycles. The highest BCUT2D eigenvalue weighted by molar-refractivity contribution is 7.95. The Labute approximate surface area is 280 Å². The number of hydrogen-bond donors (Lipinski definition) is 1. The smallest absolute Gasteiger partial charge is 0.124 e. The van der Waals surface area contributed by atoms with Gasteiger partial charge in [0.25, 0.3) is 0 Å². The van der Waals surface area contributed by atoms with Crippen LogP contribution in [0.15, 0.2) is 132 Å². The van der Waals surface area contributed by atoms with Crippen LogP contribution < -0.4 is 15.9 Å². The third kappa shape index (κ3) is 8.27. The van der Waals surface area contributed by atoms with Gasteiger partial charge in [-0.2, -0.15) is 0 Å². The summed E-state index contributed by atoms with van der Waals surface area (Å²) in [4.78, 5) is -0.292. The van der Waals surface area contributed by atoms with Crippen molar-refractivity contribution in [2.45, 2.75) is 63.4 Å². The van der Waals surface area contributed by atoms with Crippen molar-refractivity contribution in [1.29, 1.82) is 0 Å². The monoisotopic (exact) mass is 672 g/mol. The number of halogens is 1. The van der Waals surface area contributed by atoms with E-state index in [9.17, 15) is 18.1 Å². The van der Waals surface area contributed by atoms with Gasteiger partial charge in [0.15, 0.2) is 0 Å². The summed E-state index contributed by atoms with van der Waals surface area (Å²) >= 11 is 6.14. The molecule has 0 aliphatic carbocycles. The third-order valence-corrected chi connectivity index (χ3v) is 13.4. The molecule has 0 amide bonds. The minimum absolute atomic E-state index is 0.0624. The minimum Gasteiger partial charge on any atom is -0.744 e. The molecule has 0 saturated heterocycles. The molecule has 7 heteroatoms. The predicted octanol–water partition coefficient (Wildman–Crippen LogP) is 8.73. The molecule has 5 aromatic rings. The molecular formula is C39H42ClO4PS. The van der Waals surface area contributed by atoms with Crippen molar-refractivity contribution in [3.63, 3.8) is 0 Å². The summed E-state index contributed by atoms with van der Waals surface area (Å²) in [6.07, 6.45) is 0.974. The van der Waals surface area contributed by atoms with E-state index in [0.29, 0.717) is 11.1 Å². The van der Waals surface area contributed by atoms with Crippen LogP contribution in [0, 0.1) is 0 Å². The van der Waals surface area contributed by atoms with Gasteiger partial charge in [-0.1, -0.05) is 120 Å². The van der Waals surface area contributed by atoms with Crippen LogP contribution in [0.25, 0.3) is 0 Å². The first-order chi connectivity index (χ1) is 21.5. The van der Waals surface area contributed by atoms with E-state index in [1.807, 2.05) is 53.7 Å². The van der Waals surface area contributed by atoms with Gasteiger partial charge >= 0.3 is 0 Å². The second kappa shape index (κ2) is 14.1. The molecule has 4 nitrogen and oxygen atoms in total. The molecule has 0 aliphatic rings. The lowest BCUT2D eigenvalue weighted by Gasteiger charge is -2.28. The zero-order chi connectivity index (χ0) is 33.8. The van der Waals surface area contributed by atoms with Gasteiger partial charge in [-0.3, -0.25) is 0 Å². The zero-order valence-corrected chi connectivity index (χ0v) is 29.7. The van der Waals surface area contributed by atoms with Gasteiger partial charge in [-0.25, -0.2) is 8.42 Å². The van der Waals surface area contributed by atoms with E-state index >= 15 is 0 Å². The summed E-state index contributed by atoms with van der Waals surface area (Å²) < 4.78 is 33.8. The molecule has 0 unspecified atom stereocenters. The molecule has 0 spiro atoms. The number of phenolic OH excluding ortho intramolecular Hbond substituents is 1. The lowest BCUT2D eigenvalue weighted by molar-refractivity contribution is 0.420. The van der Waals surface area contributed by atoms with Crippen molar-refractivity contribution in [3.05, 3.63) is 149 Å². The van der Waals surface area contributed by atoms with Crippen LogP contribution in [0.5, 0.6) is 5.75 Å². The fraction of sp³-hybridized carbons (Fsp3) is 0.231. The molecule has 1 N–H and O–H groups in total. The maximum Gasteiger partial charge on any atom is 0.124 e. The first-order valence-electron chi connectivity index (χ1n) is 15.2. The Morgan fingerprint density at radius 3 is 1.28 bits per heavy atom. The van der Waals surface area contributed by atoms with E-state index < -0.39 is 28.2 Å². The van der Waals surface area contributed by atoms with Gasteiger partial charge in [0, 0.05) is 16.1 Å². The summed E-state index contributed by atoms with van der Waals surface area (Å²) in [6, 6.07) is 43.7. The lowest BCUT2D eigenvalue weighted by atomic mass is 9.79. The standard InChI is InChI=1S/C25H21ClP.C14H22O4S/c26-22-18-16-21(17-19-22)20-27(23-10-4-1-5-11-23,24-12-6-2-7-13-24)25-14-8-3-9-15-25;1-13(2,3)10-7-9(19(16,17)18)8-11(12(10)15)14(4,5)6/h1-19H,20H2;7-8,15H,1-6H3,(H,16,17,18)/q+1;/p-1. The summed E-state index contributed by atoms with van der Waals surface area (Å²) in [5.74, 6) is 0.0624. The highest BCUT2D eigenvalue weighted by Gasteiger charge is 2.45. The largest absolute Gasteiger partial charge is 0.744 e. The SMILES string of the molecule is CC(C)(C)c1cc(S(=O)(=O)[O-])cc(C(C)(C)C)c1O.Clc1ccc(C[P+](c2ccccc2)(c2ccccc2)c2ccccc2)cc1. The molecule has 0 aromatic heterocycles. The van der Waals surface area contributed by atoms with Gasteiger partial charge in [-0.15, -0.1) is 0 Å². The Morgan fingerprint density at radius 2 is 0.978 bits per heavy atom. The van der Waals surface area contributed by atoms with Gasteiger partial charge in [0.2, 0.25) is 0 Å². The van der Waals surface area contributed by atoms with E-state index in [4.69, 9.17) is 11.6 Å². The topological polar surface area (TPSA) is 77.4 Å². The highest BCUT2D eigenvalue weighted by Crippen LogP contribution is 2.58. The molecule has 0 heterocycles. The lowest BCUT2D eigenvalue weighted by Crippen LogP contribution is -2.32. The van der Waals surface area contributed by atoms with Gasteiger partial charge in [0.1, 0.15) is 39.0 Å². The Balaban J connectivity index is 0.000000224. The third-order valence-electron chi connectivity index (χ3n) is 7.91. The first-order valence-corrected chi connectivity index (χ1v) is 18.9. The first kappa shape index (κ1) is 35.4. The van der Waals surface area contributed by atoms with Crippen LogP contribution >= 0.6 is 18.9 Å². The molecule has 0 aliphatic heterocycles. The van der Waals surface area contributed by atoms with Gasteiger partial charge < -0.3 is 9.66 Å². The Kier molecular flexibility index (Phi) is 10.9. The van der Waals surface area contributed by atoms with E-state index in [0.717, 1.165) is 11.2 Å². The maximum absolute atomic E-state index is 11.3. The number of aromatic hydroxyl groups is 1. The number of phenols is 1. The van der Waals surface area contributed by atoms with Crippen LogP contribution in [0.1, 0.15) is 58.2 Å². The fourth-order valence-corrected chi connectivity index (χ4v) is 10.4. The van der Waals surface area contributed by atoms with Crippen LogP contribution in [0.3, 0.4) is 0 Å². The van der Waals surface area contributed by atoms with Crippen molar-refractivity contribution in [3.8, 4) is 5.75 Å². The predicted molar refractivity (Wildman–Crippen MR) is 194 cm³/mol. The Hall–Kier alpha value is -3.47. The second-order valence-corrected chi connectivity index (χ2v) is 18.7. The number of hydrogen-bond acceptors (Lipinski definition) is 4. The minimum atomic E-state index is -4.55. The Morgan fingerprint density at radius 1 is 0.630 bits per heavy atom. The summed E-state index contributed by atoms with van der Waals surface area (Å²) in [7, 11) is -6.38. The molecule has 0 radical (unpaired) electrons. The van der Waals surface area contributed by atoms with Crippen molar-refractivity contribution in [1.82, 2.24) is 0 Å². The van der Waals surface area contributed by atoms with Gasteiger partial charge in [-0.05, 0) is 77.1 Å². The highest BCUT2D eigenvalue weighted by atomic mass is 35.5. The summed E-state index contributed by atoms with van der Waals surface area (Å²) in [6.45, 7) is 11.1. The molecule has 46 heavy (non-hydrogen) atoms. The van der Waals surface area contributed by atoms with Crippen LogP contribution in [-0.2, 0) is 27.1 Å². The normalized spacial score (nSPS) is 12.3. The number of benzene rings is 5. The van der Waals surface area contributed by atoms with Crippen LogP contribution in [-0.4, -0.2) is 18.1 Å². The maximum atomic E-state index is 11.3. The molecule has 0 bridgehead atoms. The summed E-state index contributed by atoms with van der Waals surface area (Å²) in [5, 5.41) is 15.3. The van der Waals surface area contributed by atoms with Crippen LogP contribution in [0.4, 0.5) is 0 Å². The van der Waals surface area contributed by atoms with Crippen molar-refractivity contribution >= 4 is 44.9 Å². The second-order valence-electron chi connectivity index (χ2n) is 13.4. The van der Waals surface area contributed by atoms with Crippen molar-refractivity contribution in [2.75, 3.05) is 0 Å². The summed E-state index contributed by atoms with van der Waals surface area (Å²) in [5.41, 5.74) is 1.34. The Bertz CT molecular complexity index is 1710. The van der Waals surface area contributed by atoms with Crippen LogP contribution in [0.2, 0.25) is 5.02 Å². The molecule has 0 saturated carbocycles. The van der Waals surface area contributed by atoms with Gasteiger partial charge in [0.05, 0.1) is 11.1 Å². The quantitative estimate of drug-likeness (QED) is 0.145.